The van der Waals surface area contributed by atoms with E-state index in [1.807, 2.05) is 0 Å². The molecule has 8 heteroatoms. The van der Waals surface area contributed by atoms with Crippen molar-refractivity contribution in [2.75, 3.05) is 32.1 Å². The van der Waals surface area contributed by atoms with E-state index >= 15 is 0 Å². The summed E-state index contributed by atoms with van der Waals surface area (Å²) in [6.07, 6.45) is 0. The summed E-state index contributed by atoms with van der Waals surface area (Å²) in [5.41, 5.74) is 0.590. The van der Waals surface area contributed by atoms with Crippen molar-refractivity contribution in [3.63, 3.8) is 0 Å². The van der Waals surface area contributed by atoms with Crippen LogP contribution < -0.4 is 14.8 Å². The molecule has 0 aliphatic rings. The summed E-state index contributed by atoms with van der Waals surface area (Å²) < 4.78 is 10.6. The molecule has 144 valence electrons. The van der Waals surface area contributed by atoms with E-state index in [4.69, 9.17) is 32.7 Å². The van der Waals surface area contributed by atoms with Gasteiger partial charge in [-0.1, -0.05) is 29.3 Å². The largest absolute Gasteiger partial charge is 0.497 e. The van der Waals surface area contributed by atoms with Crippen LogP contribution in [0.15, 0.2) is 42.5 Å². The number of hydrogen-bond acceptors (Lipinski definition) is 4. The topological polar surface area (TPSA) is 67.9 Å². The third kappa shape index (κ3) is 6.34. The Labute approximate surface area is 168 Å². The molecule has 0 heterocycles. The van der Waals surface area contributed by atoms with E-state index in [0.717, 1.165) is 0 Å². The van der Waals surface area contributed by atoms with Crippen molar-refractivity contribution in [2.45, 2.75) is 6.92 Å². The summed E-state index contributed by atoms with van der Waals surface area (Å²) in [5, 5.41) is 3.53. The third-order valence-corrected chi connectivity index (χ3v) is 4.20. The smallest absolute Gasteiger partial charge is 0.260 e. The number of nitrogens with one attached hydrogen (secondary N) is 1. The Bertz CT molecular complexity index is 814. The highest BCUT2D eigenvalue weighted by molar-refractivity contribution is 6.35. The van der Waals surface area contributed by atoms with Gasteiger partial charge in [-0.3, -0.25) is 9.59 Å². The van der Waals surface area contributed by atoms with Crippen molar-refractivity contribution >= 4 is 40.7 Å². The number of ether oxygens (including phenoxy) is 2. The van der Waals surface area contributed by atoms with Crippen LogP contribution in [0, 0.1) is 0 Å². The molecule has 1 N–H and O–H groups in total. The second-order valence-corrected chi connectivity index (χ2v) is 6.40. The van der Waals surface area contributed by atoms with Gasteiger partial charge < -0.3 is 19.7 Å². The van der Waals surface area contributed by atoms with Crippen molar-refractivity contribution < 1.29 is 19.1 Å². The molecule has 0 fully saturated rings. The Kier molecular flexibility index (Phi) is 7.76. The van der Waals surface area contributed by atoms with E-state index in [1.165, 1.54) is 11.0 Å². The molecule has 0 atom stereocenters. The highest BCUT2D eigenvalue weighted by Crippen LogP contribution is 2.27. The number of benzene rings is 2. The van der Waals surface area contributed by atoms with E-state index < -0.39 is 0 Å². The zero-order valence-corrected chi connectivity index (χ0v) is 16.5. The maximum Gasteiger partial charge on any atom is 0.260 e. The number of nitrogens with zero attached hydrogens (tertiary/aromatic N) is 1. The Morgan fingerprint density at radius 2 is 1.93 bits per heavy atom. The Balaban J connectivity index is 1.90. The summed E-state index contributed by atoms with van der Waals surface area (Å²) in [6.45, 7) is 1.82. The first-order valence-corrected chi connectivity index (χ1v) is 8.98. The molecule has 0 saturated heterocycles. The number of carbonyl (C=O) groups is 2. The van der Waals surface area contributed by atoms with Crippen LogP contribution in [0.3, 0.4) is 0 Å². The van der Waals surface area contributed by atoms with Crippen molar-refractivity contribution in [3.05, 3.63) is 52.5 Å². The monoisotopic (exact) mass is 410 g/mol. The first-order valence-electron chi connectivity index (χ1n) is 8.22. The van der Waals surface area contributed by atoms with Gasteiger partial charge in [0.25, 0.3) is 5.91 Å². The summed E-state index contributed by atoms with van der Waals surface area (Å²) in [5.74, 6) is 0.336. The molecule has 0 aliphatic carbocycles. The number of hydrogen-bond donors (Lipinski definition) is 1. The fraction of sp³-hybridized carbons (Fsp3) is 0.263. The number of halogens is 2. The molecule has 0 bridgehead atoms. The molecule has 2 aromatic rings. The second-order valence-electron chi connectivity index (χ2n) is 5.55. The first-order chi connectivity index (χ1) is 12.9. The molecule has 27 heavy (non-hydrogen) atoms. The van der Waals surface area contributed by atoms with Crippen LogP contribution in [-0.2, 0) is 9.59 Å². The molecular weight excluding hydrogens is 391 g/mol. The predicted octanol–water partition coefficient (Wildman–Crippen LogP) is 3.87. The number of carbonyl (C=O) groups excluding carboxylic acids is 2. The molecular formula is C19H20Cl2N2O4. The Morgan fingerprint density at radius 1 is 1.15 bits per heavy atom. The lowest BCUT2D eigenvalue weighted by Crippen LogP contribution is -2.40. The summed E-state index contributed by atoms with van der Waals surface area (Å²) in [6, 6.07) is 11.7. The summed E-state index contributed by atoms with van der Waals surface area (Å²) in [7, 11) is 1.55. The van der Waals surface area contributed by atoms with Gasteiger partial charge in [0.2, 0.25) is 5.91 Å². The number of anilines is 1. The molecule has 2 aromatic carbocycles. The zero-order valence-electron chi connectivity index (χ0n) is 15.0. The molecule has 2 amide bonds. The van der Waals surface area contributed by atoms with Gasteiger partial charge >= 0.3 is 0 Å². The van der Waals surface area contributed by atoms with Crippen LogP contribution in [0.2, 0.25) is 10.0 Å². The van der Waals surface area contributed by atoms with E-state index in [2.05, 4.69) is 5.32 Å². The third-order valence-electron chi connectivity index (χ3n) is 3.67. The fourth-order valence-electron chi connectivity index (χ4n) is 2.27. The average Bonchev–Trinajstić information content (AvgIpc) is 2.65. The number of likely N-dealkylation sites (N-methyl/N-ethyl adjacent to an activating group) is 1. The van der Waals surface area contributed by atoms with Crippen LogP contribution in [-0.4, -0.2) is 43.5 Å². The maximum atomic E-state index is 12.3. The van der Waals surface area contributed by atoms with Crippen molar-refractivity contribution in [3.8, 4) is 11.5 Å². The standard InChI is InChI=1S/C19H20Cl2N2O4/c1-3-23(11-18(24)22-14-5-4-6-15(10-14)26-2)19(25)12-27-17-8-7-13(20)9-16(17)21/h4-10H,3,11-12H2,1-2H3,(H,22,24). The Hall–Kier alpha value is -2.44. The van der Waals surface area contributed by atoms with E-state index in [1.54, 1.807) is 50.4 Å². The van der Waals surface area contributed by atoms with Crippen molar-refractivity contribution in [1.29, 1.82) is 0 Å². The maximum absolute atomic E-state index is 12.3. The van der Waals surface area contributed by atoms with Crippen molar-refractivity contribution in [1.82, 2.24) is 4.90 Å². The quantitative estimate of drug-likeness (QED) is 0.716. The minimum atomic E-state index is -0.329. The number of amides is 2. The number of methoxy groups -OCH3 is 1. The summed E-state index contributed by atoms with van der Waals surface area (Å²) in [4.78, 5) is 26.0. The fourth-order valence-corrected chi connectivity index (χ4v) is 2.74. The molecule has 0 aromatic heterocycles. The highest BCUT2D eigenvalue weighted by atomic mass is 35.5. The van der Waals surface area contributed by atoms with Gasteiger partial charge in [0.15, 0.2) is 6.61 Å². The summed E-state index contributed by atoms with van der Waals surface area (Å²) >= 11 is 11.8. The van der Waals surface area contributed by atoms with Crippen molar-refractivity contribution in [2.24, 2.45) is 0 Å². The first kappa shape index (κ1) is 20.9. The van der Waals surface area contributed by atoms with Gasteiger partial charge in [-0.2, -0.15) is 0 Å². The Morgan fingerprint density at radius 3 is 2.59 bits per heavy atom. The van der Waals surface area contributed by atoms with Gasteiger partial charge in [0.1, 0.15) is 11.5 Å². The molecule has 0 saturated carbocycles. The minimum absolute atomic E-state index is 0.0930. The predicted molar refractivity (Wildman–Crippen MR) is 106 cm³/mol. The molecule has 0 radical (unpaired) electrons. The van der Waals surface area contributed by atoms with Gasteiger partial charge in [0, 0.05) is 23.3 Å². The van der Waals surface area contributed by atoms with Crippen LogP contribution in [0.1, 0.15) is 6.92 Å². The van der Waals surface area contributed by atoms with Crippen LogP contribution in [0.5, 0.6) is 11.5 Å². The lowest BCUT2D eigenvalue weighted by Gasteiger charge is -2.20. The second kappa shape index (κ2) is 10.0. The van der Waals surface area contributed by atoms with Gasteiger partial charge in [-0.15, -0.1) is 0 Å². The molecule has 2 rings (SSSR count). The lowest BCUT2D eigenvalue weighted by molar-refractivity contribution is -0.136. The molecule has 0 aliphatic heterocycles. The number of rotatable bonds is 8. The SMILES string of the molecule is CCN(CC(=O)Nc1cccc(OC)c1)C(=O)COc1ccc(Cl)cc1Cl. The van der Waals surface area contributed by atoms with Gasteiger partial charge in [-0.05, 0) is 37.3 Å². The van der Waals surface area contributed by atoms with Crippen LogP contribution in [0.4, 0.5) is 5.69 Å². The van der Waals surface area contributed by atoms with E-state index in [-0.39, 0.29) is 25.0 Å². The van der Waals surface area contributed by atoms with E-state index in [0.29, 0.717) is 33.8 Å². The van der Waals surface area contributed by atoms with Gasteiger partial charge in [-0.25, -0.2) is 0 Å². The highest BCUT2D eigenvalue weighted by Gasteiger charge is 2.17. The van der Waals surface area contributed by atoms with Crippen LogP contribution in [0.25, 0.3) is 0 Å². The normalized spacial score (nSPS) is 10.2. The molecule has 0 unspecified atom stereocenters. The van der Waals surface area contributed by atoms with Gasteiger partial charge in [0.05, 0.1) is 18.7 Å². The lowest BCUT2D eigenvalue weighted by atomic mass is 10.3. The van der Waals surface area contributed by atoms with E-state index in [9.17, 15) is 9.59 Å². The average molecular weight is 411 g/mol. The zero-order chi connectivity index (χ0) is 19.8. The minimum Gasteiger partial charge on any atom is -0.497 e. The van der Waals surface area contributed by atoms with Crippen LogP contribution >= 0.6 is 23.2 Å². The molecule has 0 spiro atoms. The molecule has 6 nitrogen and oxygen atoms in total.